The van der Waals surface area contributed by atoms with E-state index < -0.39 is 11.2 Å². The van der Waals surface area contributed by atoms with Gasteiger partial charge in [0.15, 0.2) is 0 Å². The Bertz CT molecular complexity index is 1400. The summed E-state index contributed by atoms with van der Waals surface area (Å²) in [6.07, 6.45) is 2.27. The van der Waals surface area contributed by atoms with E-state index in [0.29, 0.717) is 60.2 Å². The van der Waals surface area contributed by atoms with Gasteiger partial charge in [0, 0.05) is 37.6 Å². The number of hydrogen-bond donors (Lipinski definition) is 1. The molecule has 0 unspecified atom stereocenters. The predicted octanol–water partition coefficient (Wildman–Crippen LogP) is 3.46. The second kappa shape index (κ2) is 12.4. The Hall–Kier alpha value is -3.39. The fourth-order valence-electron chi connectivity index (χ4n) is 5.31. The lowest BCUT2D eigenvalue weighted by atomic mass is 9.92. The maximum Gasteiger partial charge on any atom is 0.331 e. The van der Waals surface area contributed by atoms with Crippen LogP contribution >= 0.6 is 11.6 Å². The van der Waals surface area contributed by atoms with Gasteiger partial charge in [-0.2, -0.15) is 0 Å². The quantitative estimate of drug-likeness (QED) is 0.451. The molecule has 2 atom stereocenters. The monoisotopic (exact) mass is 538 g/mol. The van der Waals surface area contributed by atoms with Gasteiger partial charge in [-0.25, -0.2) is 4.79 Å². The zero-order valence-corrected chi connectivity index (χ0v) is 22.7. The molecule has 38 heavy (non-hydrogen) atoms. The average Bonchev–Trinajstić information content (AvgIpc) is 2.89. The van der Waals surface area contributed by atoms with E-state index in [1.807, 2.05) is 29.2 Å². The molecule has 1 saturated heterocycles. The molecule has 0 bridgehead atoms. The second-order valence-electron chi connectivity index (χ2n) is 10.4. The van der Waals surface area contributed by atoms with Crippen LogP contribution in [-0.4, -0.2) is 45.5 Å². The third-order valence-corrected chi connectivity index (χ3v) is 7.33. The first kappa shape index (κ1) is 27.6. The van der Waals surface area contributed by atoms with Crippen molar-refractivity contribution in [3.05, 3.63) is 80.0 Å². The van der Waals surface area contributed by atoms with Gasteiger partial charge in [0.05, 0.1) is 10.9 Å². The van der Waals surface area contributed by atoms with E-state index in [1.54, 1.807) is 24.3 Å². The molecule has 1 aliphatic rings. The number of halogens is 1. The Kier molecular flexibility index (Phi) is 9.05. The first-order valence-electron chi connectivity index (χ1n) is 13.2. The van der Waals surface area contributed by atoms with Crippen molar-refractivity contribution < 1.29 is 9.59 Å². The number of nitrogens with zero attached hydrogens (tertiary/aromatic N) is 3. The number of piperidine rings is 1. The Morgan fingerprint density at radius 1 is 0.974 bits per heavy atom. The van der Waals surface area contributed by atoms with Gasteiger partial charge in [-0.05, 0) is 60.9 Å². The molecule has 9 heteroatoms. The van der Waals surface area contributed by atoms with Crippen molar-refractivity contribution in [1.29, 1.82) is 0 Å². The number of carbonyl (C=O) groups excluding carboxylic acids is 2. The molecule has 1 aliphatic heterocycles. The van der Waals surface area contributed by atoms with Crippen LogP contribution in [-0.2, 0) is 29.1 Å². The maximum atomic E-state index is 13.4. The molecular weight excluding hydrogens is 504 g/mol. The minimum atomic E-state index is -0.525. The highest BCUT2D eigenvalue weighted by Crippen LogP contribution is 2.21. The number of carbonyl (C=O) groups is 2. The zero-order valence-electron chi connectivity index (χ0n) is 22.0. The minimum absolute atomic E-state index is 0.0963. The molecule has 0 spiro atoms. The smallest absolute Gasteiger partial charge is 0.331 e. The minimum Gasteiger partial charge on any atom is -0.356 e. The van der Waals surface area contributed by atoms with Crippen molar-refractivity contribution in [1.82, 2.24) is 19.4 Å². The molecular formula is C29H35ClN4O4. The van der Waals surface area contributed by atoms with Crippen LogP contribution in [0, 0.1) is 11.8 Å². The number of hydrogen-bond acceptors (Lipinski definition) is 4. The number of fused-ring (bicyclic) bond motifs is 1. The van der Waals surface area contributed by atoms with Crippen LogP contribution in [0.25, 0.3) is 10.9 Å². The van der Waals surface area contributed by atoms with Crippen molar-refractivity contribution in [2.24, 2.45) is 11.8 Å². The van der Waals surface area contributed by atoms with Crippen molar-refractivity contribution in [3.63, 3.8) is 0 Å². The molecule has 1 N–H and O–H groups in total. The van der Waals surface area contributed by atoms with Crippen molar-refractivity contribution in [2.45, 2.75) is 52.6 Å². The van der Waals surface area contributed by atoms with Crippen LogP contribution < -0.4 is 16.6 Å². The zero-order chi connectivity index (χ0) is 27.2. The van der Waals surface area contributed by atoms with E-state index in [0.717, 1.165) is 16.6 Å². The summed E-state index contributed by atoms with van der Waals surface area (Å²) in [4.78, 5) is 53.9. The summed E-state index contributed by atoms with van der Waals surface area (Å²) in [5, 5.41) is 3.93. The largest absolute Gasteiger partial charge is 0.356 e. The van der Waals surface area contributed by atoms with Crippen LogP contribution in [0.1, 0.15) is 38.7 Å². The predicted molar refractivity (Wildman–Crippen MR) is 149 cm³/mol. The van der Waals surface area contributed by atoms with Crippen LogP contribution in [0.15, 0.2) is 58.1 Å². The summed E-state index contributed by atoms with van der Waals surface area (Å²) >= 11 is 5.90. The molecule has 0 saturated carbocycles. The van der Waals surface area contributed by atoms with E-state index in [1.165, 1.54) is 4.57 Å². The molecule has 2 amide bonds. The summed E-state index contributed by atoms with van der Waals surface area (Å²) < 4.78 is 2.55. The van der Waals surface area contributed by atoms with E-state index in [-0.39, 0.29) is 31.3 Å². The van der Waals surface area contributed by atoms with Crippen molar-refractivity contribution in [2.75, 3.05) is 19.6 Å². The first-order chi connectivity index (χ1) is 18.2. The molecule has 0 radical (unpaired) electrons. The van der Waals surface area contributed by atoms with Gasteiger partial charge in [0.2, 0.25) is 11.8 Å². The molecule has 3 aromatic rings. The highest BCUT2D eigenvalue weighted by Gasteiger charge is 2.26. The molecule has 4 rings (SSSR count). The highest BCUT2D eigenvalue weighted by molar-refractivity contribution is 6.30. The number of rotatable bonds is 9. The number of amides is 2. The Balaban J connectivity index is 1.43. The fourth-order valence-corrected chi connectivity index (χ4v) is 5.43. The molecule has 0 aliphatic carbocycles. The van der Waals surface area contributed by atoms with Gasteiger partial charge in [-0.15, -0.1) is 0 Å². The Morgan fingerprint density at radius 3 is 2.37 bits per heavy atom. The van der Waals surface area contributed by atoms with Gasteiger partial charge in [-0.3, -0.25) is 23.5 Å². The number of aromatic nitrogens is 2. The second-order valence-corrected chi connectivity index (χ2v) is 10.9. The standard InChI is InChI=1S/C29H35ClN4O4/c1-20-16-21(2)18-32(17-20)27(36)19-34-25-7-4-3-6-24(25)28(37)33(29(34)38)15-5-8-26(35)31-14-13-22-9-11-23(30)12-10-22/h3-4,6-7,9-12,20-21H,5,8,13-19H2,1-2H3,(H,31,35)/t20-,21+. The third-order valence-electron chi connectivity index (χ3n) is 7.08. The van der Waals surface area contributed by atoms with E-state index >= 15 is 0 Å². The lowest BCUT2D eigenvalue weighted by Crippen LogP contribution is -2.47. The molecule has 1 fully saturated rings. The first-order valence-corrected chi connectivity index (χ1v) is 13.6. The van der Waals surface area contributed by atoms with E-state index in [2.05, 4.69) is 19.2 Å². The number of likely N-dealkylation sites (tertiary alicyclic amines) is 1. The highest BCUT2D eigenvalue weighted by atomic mass is 35.5. The molecule has 2 heterocycles. The van der Waals surface area contributed by atoms with Crippen molar-refractivity contribution >= 4 is 34.3 Å². The van der Waals surface area contributed by atoms with Gasteiger partial charge >= 0.3 is 5.69 Å². The van der Waals surface area contributed by atoms with Gasteiger partial charge in [0.25, 0.3) is 5.56 Å². The molecule has 202 valence electrons. The van der Waals surface area contributed by atoms with Gasteiger partial charge in [0.1, 0.15) is 6.54 Å². The summed E-state index contributed by atoms with van der Waals surface area (Å²) in [6, 6.07) is 14.3. The molecule has 8 nitrogen and oxygen atoms in total. The fraction of sp³-hybridized carbons (Fsp3) is 0.448. The maximum absolute atomic E-state index is 13.4. The summed E-state index contributed by atoms with van der Waals surface area (Å²) in [5.41, 5.74) is 0.590. The topological polar surface area (TPSA) is 93.4 Å². The normalized spacial score (nSPS) is 17.5. The van der Waals surface area contributed by atoms with E-state index in [4.69, 9.17) is 11.6 Å². The lowest BCUT2D eigenvalue weighted by molar-refractivity contribution is -0.134. The van der Waals surface area contributed by atoms with Crippen LogP contribution in [0.2, 0.25) is 5.02 Å². The molecule has 2 aromatic carbocycles. The van der Waals surface area contributed by atoms with Crippen molar-refractivity contribution in [3.8, 4) is 0 Å². The van der Waals surface area contributed by atoms with Gasteiger partial charge < -0.3 is 10.2 Å². The van der Waals surface area contributed by atoms with E-state index in [9.17, 15) is 19.2 Å². The number of nitrogens with one attached hydrogen (secondary N) is 1. The van der Waals surface area contributed by atoms with Crippen LogP contribution in [0.4, 0.5) is 0 Å². The number of para-hydroxylation sites is 1. The SMILES string of the molecule is C[C@@H]1C[C@H](C)CN(C(=O)Cn2c(=O)n(CCCC(=O)NCCc3ccc(Cl)cc3)c(=O)c3ccccc32)C1. The summed E-state index contributed by atoms with van der Waals surface area (Å²) in [6.45, 7) is 6.06. The Labute approximate surface area is 227 Å². The third kappa shape index (κ3) is 6.72. The Morgan fingerprint density at radius 2 is 1.66 bits per heavy atom. The van der Waals surface area contributed by atoms with Crippen LogP contribution in [0.5, 0.6) is 0 Å². The van der Waals surface area contributed by atoms with Gasteiger partial charge in [-0.1, -0.05) is 49.7 Å². The number of benzene rings is 2. The summed E-state index contributed by atoms with van der Waals surface area (Å²) in [7, 11) is 0. The molecule has 1 aromatic heterocycles. The lowest BCUT2D eigenvalue weighted by Gasteiger charge is -2.35. The van der Waals surface area contributed by atoms with Crippen LogP contribution in [0.3, 0.4) is 0 Å². The summed E-state index contributed by atoms with van der Waals surface area (Å²) in [5.74, 6) is 0.544. The average molecular weight is 539 g/mol.